The van der Waals surface area contributed by atoms with Gasteiger partial charge in [0.15, 0.2) is 0 Å². The summed E-state index contributed by atoms with van der Waals surface area (Å²) in [5.74, 6) is 0.525. The number of hydrogen-bond acceptors (Lipinski definition) is 6. The van der Waals surface area contributed by atoms with Gasteiger partial charge in [-0.1, -0.05) is 91.0 Å². The lowest BCUT2D eigenvalue weighted by Gasteiger charge is -2.34. The Labute approximate surface area is 272 Å². The minimum absolute atomic E-state index is 0.318. The quantitative estimate of drug-likeness (QED) is 0.163. The van der Waals surface area contributed by atoms with E-state index in [1.165, 1.54) is 6.07 Å². The van der Waals surface area contributed by atoms with E-state index >= 15 is 0 Å². The van der Waals surface area contributed by atoms with E-state index < -0.39 is 17.6 Å². The van der Waals surface area contributed by atoms with Crippen LogP contribution >= 0.6 is 0 Å². The van der Waals surface area contributed by atoms with E-state index in [-0.39, 0.29) is 0 Å². The summed E-state index contributed by atoms with van der Waals surface area (Å²) in [7, 11) is 0. The maximum Gasteiger partial charge on any atom is 0.339 e. The molecular formula is C40H33NO6. The Balaban J connectivity index is 1.22. The van der Waals surface area contributed by atoms with Crippen LogP contribution in [0.4, 0.5) is 0 Å². The molecule has 1 aliphatic rings. The van der Waals surface area contributed by atoms with Crippen LogP contribution in [0.15, 0.2) is 131 Å². The van der Waals surface area contributed by atoms with Crippen molar-refractivity contribution < 1.29 is 23.8 Å². The first-order valence-electron chi connectivity index (χ1n) is 15.6. The van der Waals surface area contributed by atoms with Gasteiger partial charge >= 0.3 is 11.6 Å². The molecule has 0 radical (unpaired) electrons. The van der Waals surface area contributed by atoms with Gasteiger partial charge in [0.25, 0.3) is 0 Å². The Morgan fingerprint density at radius 1 is 0.830 bits per heavy atom. The first kappa shape index (κ1) is 30.0. The lowest BCUT2D eigenvalue weighted by molar-refractivity contribution is -0.144. The van der Waals surface area contributed by atoms with Gasteiger partial charge in [0, 0.05) is 24.7 Å². The molecule has 0 aliphatic carbocycles. The predicted molar refractivity (Wildman–Crippen MR) is 181 cm³/mol. The Morgan fingerprint density at radius 2 is 1.60 bits per heavy atom. The summed E-state index contributed by atoms with van der Waals surface area (Å²) in [6.07, 6.45) is 0.411. The van der Waals surface area contributed by atoms with Crippen LogP contribution in [0.25, 0.3) is 22.1 Å². The molecule has 47 heavy (non-hydrogen) atoms. The summed E-state index contributed by atoms with van der Waals surface area (Å²) in [5, 5.41) is 10.8. The van der Waals surface area contributed by atoms with Crippen molar-refractivity contribution in [2.75, 3.05) is 0 Å². The predicted octanol–water partition coefficient (Wildman–Crippen LogP) is 8.15. The van der Waals surface area contributed by atoms with Crippen LogP contribution < -0.4 is 15.1 Å². The van der Waals surface area contributed by atoms with E-state index in [2.05, 4.69) is 31.2 Å². The zero-order chi connectivity index (χ0) is 32.3. The van der Waals surface area contributed by atoms with Gasteiger partial charge < -0.3 is 19.0 Å². The Morgan fingerprint density at radius 3 is 2.43 bits per heavy atom. The largest absolute Gasteiger partial charge is 0.489 e. The van der Waals surface area contributed by atoms with Gasteiger partial charge in [-0.2, -0.15) is 0 Å². The molecule has 0 unspecified atom stereocenters. The molecule has 1 aromatic heterocycles. The normalized spacial score (nSPS) is 14.4. The third-order valence-electron chi connectivity index (χ3n) is 8.80. The molecule has 2 heterocycles. The van der Waals surface area contributed by atoms with Crippen molar-refractivity contribution in [3.63, 3.8) is 0 Å². The fourth-order valence-electron chi connectivity index (χ4n) is 6.27. The smallest absolute Gasteiger partial charge is 0.339 e. The molecule has 6 aromatic rings. The number of aliphatic carboxylic acids is 1. The molecule has 0 saturated heterocycles. The summed E-state index contributed by atoms with van der Waals surface area (Å²) < 4.78 is 18.2. The number of hydrogen-bond donors (Lipinski definition) is 1. The van der Waals surface area contributed by atoms with Crippen molar-refractivity contribution in [3.8, 4) is 28.4 Å². The van der Waals surface area contributed by atoms with E-state index in [4.69, 9.17) is 13.9 Å². The highest BCUT2D eigenvalue weighted by molar-refractivity contribution is 5.83. The first-order chi connectivity index (χ1) is 22.9. The average molecular weight is 624 g/mol. The third-order valence-corrected chi connectivity index (χ3v) is 8.80. The zero-order valence-corrected chi connectivity index (χ0v) is 25.9. The number of carboxylic acids is 1. The maximum absolute atomic E-state index is 12.5. The van der Waals surface area contributed by atoms with Crippen LogP contribution in [-0.4, -0.2) is 22.0 Å². The van der Waals surface area contributed by atoms with Crippen molar-refractivity contribution in [3.05, 3.63) is 160 Å². The SMILES string of the molecule is Cc1c(COc2ccc(CN3Cc4ccccc4C[C@H]3C(=O)O)c(Oc3cc(=O)oc4ccccc34)c2)cccc1-c1ccccc1. The fourth-order valence-corrected chi connectivity index (χ4v) is 6.27. The number of ether oxygens (including phenoxy) is 2. The molecule has 7 heteroatoms. The highest BCUT2D eigenvalue weighted by Crippen LogP contribution is 2.36. The highest BCUT2D eigenvalue weighted by atomic mass is 16.5. The van der Waals surface area contributed by atoms with Gasteiger partial charge in [-0.3, -0.25) is 9.69 Å². The summed E-state index contributed by atoms with van der Waals surface area (Å²) >= 11 is 0. The third kappa shape index (κ3) is 6.39. The van der Waals surface area contributed by atoms with Crippen molar-refractivity contribution in [2.24, 2.45) is 0 Å². The van der Waals surface area contributed by atoms with Gasteiger partial charge in [-0.25, -0.2) is 4.79 Å². The number of nitrogens with zero attached hydrogens (tertiary/aromatic N) is 1. The van der Waals surface area contributed by atoms with Gasteiger partial charge in [-0.15, -0.1) is 0 Å². The molecule has 0 spiro atoms. The first-order valence-corrected chi connectivity index (χ1v) is 15.6. The monoisotopic (exact) mass is 623 g/mol. The van der Waals surface area contributed by atoms with E-state index in [0.29, 0.717) is 54.3 Å². The fraction of sp³-hybridized carbons (Fsp3) is 0.150. The second kappa shape index (κ2) is 13.0. The Hall–Kier alpha value is -5.66. The summed E-state index contributed by atoms with van der Waals surface area (Å²) in [4.78, 5) is 26.8. The van der Waals surface area contributed by atoms with Gasteiger partial charge in [0.05, 0.1) is 11.5 Å². The minimum atomic E-state index is -0.873. The standard InChI is InChI=1S/C40H33NO6/c1-26-31(14-9-16-33(26)27-10-3-2-4-11-27)25-45-32-19-18-30(24-41-23-29-13-6-5-12-28(29)20-35(41)40(43)44)37(21-32)46-38-22-39(42)47-36-17-8-7-15-34(36)38/h2-19,21-22,35H,20,23-25H2,1H3,(H,43,44)/t35-/m0/s1. The second-order valence-corrected chi connectivity index (χ2v) is 11.8. The number of fused-ring (bicyclic) bond motifs is 2. The summed E-state index contributed by atoms with van der Waals surface area (Å²) in [6.45, 7) is 3.24. The second-order valence-electron chi connectivity index (χ2n) is 11.8. The van der Waals surface area contributed by atoms with Gasteiger partial charge in [0.2, 0.25) is 0 Å². The Kier molecular flexibility index (Phi) is 8.29. The average Bonchev–Trinajstić information content (AvgIpc) is 3.08. The van der Waals surface area contributed by atoms with E-state index in [1.807, 2.05) is 83.8 Å². The van der Waals surface area contributed by atoms with Crippen LogP contribution in [0.5, 0.6) is 17.2 Å². The summed E-state index contributed by atoms with van der Waals surface area (Å²) in [6, 6.07) is 37.8. The highest BCUT2D eigenvalue weighted by Gasteiger charge is 2.32. The maximum atomic E-state index is 12.5. The van der Waals surface area contributed by atoms with Crippen LogP contribution in [0.3, 0.4) is 0 Å². The van der Waals surface area contributed by atoms with Crippen LogP contribution in [0.2, 0.25) is 0 Å². The van der Waals surface area contributed by atoms with Crippen molar-refractivity contribution in [1.82, 2.24) is 4.90 Å². The molecule has 0 saturated carbocycles. The molecule has 7 nitrogen and oxygen atoms in total. The molecule has 0 fully saturated rings. The molecule has 5 aromatic carbocycles. The number of benzene rings is 5. The Bertz CT molecular complexity index is 2140. The van der Waals surface area contributed by atoms with Crippen LogP contribution in [-0.2, 0) is 30.9 Å². The van der Waals surface area contributed by atoms with Crippen LogP contribution in [0, 0.1) is 6.92 Å². The van der Waals surface area contributed by atoms with E-state index in [1.54, 1.807) is 12.1 Å². The molecule has 1 N–H and O–H groups in total. The van der Waals surface area contributed by atoms with Gasteiger partial charge in [-0.05, 0) is 64.9 Å². The minimum Gasteiger partial charge on any atom is -0.489 e. The summed E-state index contributed by atoms with van der Waals surface area (Å²) in [5.41, 5.74) is 7.29. The van der Waals surface area contributed by atoms with E-state index in [0.717, 1.165) is 38.9 Å². The topological polar surface area (TPSA) is 89.2 Å². The van der Waals surface area contributed by atoms with Crippen molar-refractivity contribution >= 4 is 16.9 Å². The molecule has 1 aliphatic heterocycles. The molecule has 7 rings (SSSR count). The lowest BCUT2D eigenvalue weighted by atomic mass is 9.93. The number of carboxylic acid groups (broad SMARTS) is 1. The van der Waals surface area contributed by atoms with Crippen LogP contribution in [0.1, 0.15) is 27.8 Å². The number of para-hydroxylation sites is 1. The van der Waals surface area contributed by atoms with Gasteiger partial charge in [0.1, 0.15) is 35.5 Å². The molecule has 0 amide bonds. The molecular weight excluding hydrogens is 590 g/mol. The number of carbonyl (C=O) groups is 1. The van der Waals surface area contributed by atoms with E-state index in [9.17, 15) is 14.7 Å². The molecule has 234 valence electrons. The van der Waals surface area contributed by atoms with Crippen molar-refractivity contribution in [1.29, 1.82) is 0 Å². The van der Waals surface area contributed by atoms with Crippen molar-refractivity contribution in [2.45, 2.75) is 39.1 Å². The number of rotatable bonds is 9. The zero-order valence-electron chi connectivity index (χ0n) is 25.9. The molecule has 1 atom stereocenters. The lowest BCUT2D eigenvalue weighted by Crippen LogP contribution is -2.45. The molecule has 0 bridgehead atoms.